The molecular weight excluding hydrogens is 394 g/mol. The number of ether oxygens (including phenoxy) is 1. The monoisotopic (exact) mass is 416 g/mol. The lowest BCUT2D eigenvalue weighted by atomic mass is 10.0. The van der Waals surface area contributed by atoms with Crippen LogP contribution in [0.2, 0.25) is 0 Å². The molecule has 1 amide bonds. The van der Waals surface area contributed by atoms with E-state index < -0.39 is 11.6 Å². The van der Waals surface area contributed by atoms with Gasteiger partial charge in [0.25, 0.3) is 5.19 Å². The van der Waals surface area contributed by atoms with Gasteiger partial charge in [0.2, 0.25) is 5.91 Å². The topological polar surface area (TPSA) is 42.4 Å². The Morgan fingerprint density at radius 1 is 1.21 bits per heavy atom. The average Bonchev–Trinajstić information content (AvgIpc) is 3.07. The molecule has 7 heteroatoms. The molecule has 1 saturated heterocycles. The Hall–Kier alpha value is -2.54. The number of likely N-dealkylation sites (tertiary alicyclic amines) is 1. The van der Waals surface area contributed by atoms with Gasteiger partial charge in [-0.3, -0.25) is 4.79 Å². The Morgan fingerprint density at radius 2 is 1.97 bits per heavy atom. The van der Waals surface area contributed by atoms with E-state index in [1.54, 1.807) is 0 Å². The summed E-state index contributed by atoms with van der Waals surface area (Å²) >= 11 is 1.14. The van der Waals surface area contributed by atoms with Crippen molar-refractivity contribution in [2.75, 3.05) is 13.1 Å². The highest BCUT2D eigenvalue weighted by atomic mass is 32.1. The van der Waals surface area contributed by atoms with E-state index in [0.717, 1.165) is 28.5 Å². The minimum atomic E-state index is -0.682. The van der Waals surface area contributed by atoms with Crippen molar-refractivity contribution in [3.63, 3.8) is 0 Å². The van der Waals surface area contributed by atoms with E-state index in [1.165, 1.54) is 11.6 Å². The Balaban J connectivity index is 1.34. The number of amides is 1. The summed E-state index contributed by atoms with van der Waals surface area (Å²) in [5.74, 6) is -1.19. The van der Waals surface area contributed by atoms with Crippen LogP contribution in [0.1, 0.15) is 29.5 Å². The molecule has 0 bridgehead atoms. The number of aryl methyl sites for hydroxylation is 2. The van der Waals surface area contributed by atoms with Crippen molar-refractivity contribution in [1.29, 1.82) is 0 Å². The van der Waals surface area contributed by atoms with E-state index in [-0.39, 0.29) is 17.5 Å². The molecule has 0 unspecified atom stereocenters. The van der Waals surface area contributed by atoms with Gasteiger partial charge >= 0.3 is 0 Å². The van der Waals surface area contributed by atoms with E-state index in [1.807, 2.05) is 30.9 Å². The Morgan fingerprint density at radius 3 is 2.69 bits per heavy atom. The van der Waals surface area contributed by atoms with Crippen LogP contribution in [-0.4, -0.2) is 35.0 Å². The number of fused-ring (bicyclic) bond motifs is 1. The van der Waals surface area contributed by atoms with Crippen LogP contribution in [-0.2, 0) is 11.2 Å². The number of nitrogens with zero attached hydrogens (tertiary/aromatic N) is 2. The highest BCUT2D eigenvalue weighted by Crippen LogP contribution is 2.32. The molecule has 2 aromatic carbocycles. The third-order valence-corrected chi connectivity index (χ3v) is 6.19. The van der Waals surface area contributed by atoms with Crippen molar-refractivity contribution in [2.24, 2.45) is 0 Å². The molecule has 3 aromatic rings. The molecule has 29 heavy (non-hydrogen) atoms. The van der Waals surface area contributed by atoms with Crippen LogP contribution in [0.5, 0.6) is 5.19 Å². The smallest absolute Gasteiger partial charge is 0.274 e. The van der Waals surface area contributed by atoms with Crippen molar-refractivity contribution in [2.45, 2.75) is 39.2 Å². The van der Waals surface area contributed by atoms with Crippen molar-refractivity contribution >= 4 is 27.5 Å². The van der Waals surface area contributed by atoms with Crippen molar-refractivity contribution in [3.05, 3.63) is 58.7 Å². The van der Waals surface area contributed by atoms with Crippen LogP contribution in [0.3, 0.4) is 0 Å². The van der Waals surface area contributed by atoms with Gasteiger partial charge in [-0.25, -0.2) is 8.78 Å². The summed E-state index contributed by atoms with van der Waals surface area (Å²) in [5, 5.41) is 0.338. The lowest BCUT2D eigenvalue weighted by Gasteiger charge is -2.31. The quantitative estimate of drug-likeness (QED) is 0.613. The summed E-state index contributed by atoms with van der Waals surface area (Å²) in [6.45, 7) is 5.30. The fourth-order valence-electron chi connectivity index (χ4n) is 3.67. The highest BCUT2D eigenvalue weighted by molar-refractivity contribution is 7.20. The fourth-order valence-corrected chi connectivity index (χ4v) is 4.59. The van der Waals surface area contributed by atoms with Gasteiger partial charge in [-0.1, -0.05) is 35.1 Å². The number of rotatable bonds is 4. The Kier molecular flexibility index (Phi) is 5.50. The summed E-state index contributed by atoms with van der Waals surface area (Å²) in [6, 6.07) is 8.23. The predicted octanol–water partition coefficient (Wildman–Crippen LogP) is 4.80. The molecule has 0 saturated carbocycles. The number of carbonyl (C=O) groups is 1. The molecule has 4 rings (SSSR count). The number of halogens is 2. The predicted molar refractivity (Wildman–Crippen MR) is 109 cm³/mol. The Labute approximate surface area is 172 Å². The van der Waals surface area contributed by atoms with Crippen molar-refractivity contribution in [1.82, 2.24) is 9.88 Å². The summed E-state index contributed by atoms with van der Waals surface area (Å²) in [4.78, 5) is 18.7. The van der Waals surface area contributed by atoms with Crippen LogP contribution in [0, 0.1) is 25.5 Å². The molecular formula is C22H22F2N2O2S. The molecule has 1 aromatic heterocycles. The van der Waals surface area contributed by atoms with Gasteiger partial charge < -0.3 is 9.64 Å². The second kappa shape index (κ2) is 8.06. The molecule has 1 aliphatic heterocycles. The van der Waals surface area contributed by atoms with E-state index in [4.69, 9.17) is 4.74 Å². The molecule has 4 nitrogen and oxygen atoms in total. The van der Waals surface area contributed by atoms with Gasteiger partial charge in [-0.15, -0.1) is 0 Å². The molecule has 0 spiro atoms. The normalized spacial score (nSPS) is 15.1. The highest BCUT2D eigenvalue weighted by Gasteiger charge is 2.25. The van der Waals surface area contributed by atoms with E-state index in [0.29, 0.717) is 42.2 Å². The van der Waals surface area contributed by atoms with E-state index in [2.05, 4.69) is 11.1 Å². The van der Waals surface area contributed by atoms with Gasteiger partial charge in [-0.05, 0) is 31.0 Å². The first kappa shape index (κ1) is 19.8. The van der Waals surface area contributed by atoms with Gasteiger partial charge in [0.1, 0.15) is 17.4 Å². The molecule has 2 heterocycles. The maximum atomic E-state index is 13.8. The molecule has 0 aliphatic carbocycles. The van der Waals surface area contributed by atoms with Crippen LogP contribution >= 0.6 is 11.3 Å². The number of thiazole rings is 1. The van der Waals surface area contributed by atoms with E-state index in [9.17, 15) is 13.6 Å². The first-order valence-corrected chi connectivity index (χ1v) is 10.5. The summed E-state index contributed by atoms with van der Waals surface area (Å²) in [6.07, 6.45) is 1.69. The fraction of sp³-hybridized carbons (Fsp3) is 0.364. The number of aromatic nitrogens is 1. The molecule has 0 radical (unpaired) electrons. The second-order valence-electron chi connectivity index (χ2n) is 7.52. The first-order chi connectivity index (χ1) is 13.9. The van der Waals surface area contributed by atoms with E-state index >= 15 is 0 Å². The SMILES string of the molecule is Cc1ccc(CC(=O)N2CCC(Oc3nc4c(F)cc(F)cc4s3)CC2)c(C)c1. The van der Waals surface area contributed by atoms with Crippen molar-refractivity contribution in [3.8, 4) is 5.19 Å². The number of hydrogen-bond acceptors (Lipinski definition) is 4. The molecule has 1 aliphatic rings. The summed E-state index contributed by atoms with van der Waals surface area (Å²) in [5.41, 5.74) is 3.51. The van der Waals surface area contributed by atoms with Crippen LogP contribution < -0.4 is 4.74 Å². The third kappa shape index (κ3) is 4.40. The Bertz CT molecular complexity index is 1060. The molecule has 0 atom stereocenters. The zero-order valence-electron chi connectivity index (χ0n) is 16.4. The van der Waals surface area contributed by atoms with Gasteiger partial charge in [-0.2, -0.15) is 4.98 Å². The number of benzene rings is 2. The number of carbonyl (C=O) groups excluding carboxylic acids is 1. The van der Waals surface area contributed by atoms with Gasteiger partial charge in [0.05, 0.1) is 11.1 Å². The maximum absolute atomic E-state index is 13.8. The molecule has 1 fully saturated rings. The summed E-state index contributed by atoms with van der Waals surface area (Å²) in [7, 11) is 0. The largest absolute Gasteiger partial charge is 0.467 e. The van der Waals surface area contributed by atoms with Crippen molar-refractivity contribution < 1.29 is 18.3 Å². The average molecular weight is 416 g/mol. The molecule has 0 N–H and O–H groups in total. The van der Waals surface area contributed by atoms with Crippen LogP contribution in [0.15, 0.2) is 30.3 Å². The van der Waals surface area contributed by atoms with Gasteiger partial charge in [0, 0.05) is 32.0 Å². The first-order valence-electron chi connectivity index (χ1n) is 9.65. The summed E-state index contributed by atoms with van der Waals surface area (Å²) < 4.78 is 33.5. The zero-order chi connectivity index (χ0) is 20.5. The standard InChI is InChI=1S/C22H22F2N2O2S/c1-13-3-4-15(14(2)9-13)10-20(27)26-7-5-17(6-8-26)28-22-25-21-18(24)11-16(23)12-19(21)29-22/h3-4,9,11-12,17H,5-8,10H2,1-2H3. The molecule has 152 valence electrons. The lowest BCUT2D eigenvalue weighted by molar-refractivity contribution is -0.132. The number of piperidine rings is 1. The third-order valence-electron chi connectivity index (χ3n) is 5.30. The maximum Gasteiger partial charge on any atom is 0.274 e. The number of hydrogen-bond donors (Lipinski definition) is 0. The van der Waals surface area contributed by atoms with Gasteiger partial charge in [0.15, 0.2) is 5.82 Å². The minimum absolute atomic E-state index is 0.0892. The second-order valence-corrected chi connectivity index (χ2v) is 8.51. The minimum Gasteiger partial charge on any atom is -0.467 e. The lowest BCUT2D eigenvalue weighted by Crippen LogP contribution is -2.42. The van der Waals surface area contributed by atoms with Crippen LogP contribution in [0.25, 0.3) is 10.2 Å². The zero-order valence-corrected chi connectivity index (χ0v) is 17.2. The van der Waals surface area contributed by atoms with Crippen LogP contribution in [0.4, 0.5) is 8.78 Å².